The number of fused-ring (bicyclic) bond motifs is 2. The van der Waals surface area contributed by atoms with Crippen LogP contribution in [0.5, 0.6) is 17.2 Å². The SMILES string of the molecule is COc1cc(C(=O)NC[C@@H]2C[C@H]3CC[C@@H]2C3)cc(OC)c1OC. The maximum atomic E-state index is 12.5. The highest BCUT2D eigenvalue weighted by Crippen LogP contribution is 2.48. The molecule has 0 aliphatic heterocycles. The van der Waals surface area contributed by atoms with Gasteiger partial charge in [0, 0.05) is 12.1 Å². The first kappa shape index (κ1) is 16.0. The second kappa shape index (κ2) is 6.69. The predicted molar refractivity (Wildman–Crippen MR) is 87.4 cm³/mol. The highest BCUT2D eigenvalue weighted by molar-refractivity contribution is 5.95. The van der Waals surface area contributed by atoms with E-state index in [0.29, 0.717) is 28.7 Å². The quantitative estimate of drug-likeness (QED) is 0.876. The molecule has 1 aromatic carbocycles. The first-order valence-corrected chi connectivity index (χ1v) is 8.24. The van der Waals surface area contributed by atoms with Gasteiger partial charge in [-0.1, -0.05) is 6.42 Å². The smallest absolute Gasteiger partial charge is 0.251 e. The van der Waals surface area contributed by atoms with Gasteiger partial charge in [0.1, 0.15) is 0 Å². The van der Waals surface area contributed by atoms with Crippen molar-refractivity contribution in [3.8, 4) is 17.2 Å². The van der Waals surface area contributed by atoms with Crippen molar-refractivity contribution in [3.05, 3.63) is 17.7 Å². The number of methoxy groups -OCH3 is 3. The standard InChI is InChI=1S/C18H25NO4/c1-21-15-8-13(9-16(22-2)17(15)23-3)18(20)19-10-14-7-11-4-5-12(14)6-11/h8-9,11-12,14H,4-7,10H2,1-3H3,(H,19,20)/t11-,12+,14-/m0/s1. The third-order valence-electron chi connectivity index (χ3n) is 5.34. The molecule has 2 aliphatic carbocycles. The van der Waals surface area contributed by atoms with Crippen molar-refractivity contribution in [2.45, 2.75) is 25.7 Å². The van der Waals surface area contributed by atoms with Crippen LogP contribution >= 0.6 is 0 Å². The van der Waals surface area contributed by atoms with Gasteiger partial charge in [0.2, 0.25) is 5.75 Å². The largest absolute Gasteiger partial charge is 0.493 e. The van der Waals surface area contributed by atoms with E-state index in [1.54, 1.807) is 33.5 Å². The maximum absolute atomic E-state index is 12.5. The van der Waals surface area contributed by atoms with Crippen LogP contribution in [0.15, 0.2) is 12.1 Å². The van der Waals surface area contributed by atoms with Crippen molar-refractivity contribution in [3.63, 3.8) is 0 Å². The zero-order chi connectivity index (χ0) is 16.4. The Balaban J connectivity index is 1.69. The molecule has 23 heavy (non-hydrogen) atoms. The first-order valence-electron chi connectivity index (χ1n) is 8.24. The van der Waals surface area contributed by atoms with Crippen LogP contribution in [0.1, 0.15) is 36.0 Å². The molecule has 1 aromatic rings. The maximum Gasteiger partial charge on any atom is 0.251 e. The van der Waals surface area contributed by atoms with Gasteiger partial charge in [0.15, 0.2) is 11.5 Å². The van der Waals surface area contributed by atoms with Gasteiger partial charge in [-0.15, -0.1) is 0 Å². The minimum atomic E-state index is -0.0907. The molecule has 0 spiro atoms. The second-order valence-electron chi connectivity index (χ2n) is 6.56. The average molecular weight is 319 g/mol. The number of hydrogen-bond acceptors (Lipinski definition) is 4. The number of rotatable bonds is 6. The van der Waals surface area contributed by atoms with E-state index in [1.807, 2.05) is 0 Å². The van der Waals surface area contributed by atoms with Crippen molar-refractivity contribution in [2.24, 2.45) is 17.8 Å². The Labute approximate surface area is 137 Å². The zero-order valence-electron chi connectivity index (χ0n) is 14.1. The van der Waals surface area contributed by atoms with E-state index in [-0.39, 0.29) is 5.91 Å². The molecule has 2 saturated carbocycles. The molecule has 2 aliphatic rings. The Bertz CT molecular complexity index is 561. The van der Waals surface area contributed by atoms with Gasteiger partial charge in [-0.25, -0.2) is 0 Å². The Morgan fingerprint density at radius 1 is 1.09 bits per heavy atom. The zero-order valence-corrected chi connectivity index (χ0v) is 14.1. The lowest BCUT2D eigenvalue weighted by Crippen LogP contribution is -2.31. The minimum absolute atomic E-state index is 0.0907. The fourth-order valence-electron chi connectivity index (χ4n) is 4.16. The molecule has 1 amide bonds. The van der Waals surface area contributed by atoms with E-state index in [2.05, 4.69) is 5.32 Å². The van der Waals surface area contributed by atoms with Crippen molar-refractivity contribution in [1.29, 1.82) is 0 Å². The Kier molecular flexibility index (Phi) is 4.64. The van der Waals surface area contributed by atoms with Gasteiger partial charge in [0.25, 0.3) is 5.91 Å². The van der Waals surface area contributed by atoms with Crippen LogP contribution in [0.4, 0.5) is 0 Å². The topological polar surface area (TPSA) is 56.8 Å². The summed E-state index contributed by atoms with van der Waals surface area (Å²) in [5, 5.41) is 3.07. The molecule has 0 unspecified atom stereocenters. The second-order valence-corrected chi connectivity index (χ2v) is 6.56. The monoisotopic (exact) mass is 319 g/mol. The number of benzene rings is 1. The Morgan fingerprint density at radius 3 is 2.26 bits per heavy atom. The van der Waals surface area contributed by atoms with Gasteiger partial charge in [-0.3, -0.25) is 4.79 Å². The van der Waals surface area contributed by atoms with Crippen LogP contribution in [0.2, 0.25) is 0 Å². The van der Waals surface area contributed by atoms with Crippen LogP contribution in [-0.2, 0) is 0 Å². The average Bonchev–Trinajstić information content (AvgIpc) is 3.21. The number of ether oxygens (including phenoxy) is 3. The van der Waals surface area contributed by atoms with Gasteiger partial charge in [-0.05, 0) is 49.1 Å². The molecule has 2 fully saturated rings. The van der Waals surface area contributed by atoms with Gasteiger partial charge in [-0.2, -0.15) is 0 Å². The molecule has 5 nitrogen and oxygen atoms in total. The molecule has 0 radical (unpaired) electrons. The van der Waals surface area contributed by atoms with Gasteiger partial charge in [0.05, 0.1) is 21.3 Å². The minimum Gasteiger partial charge on any atom is -0.493 e. The Morgan fingerprint density at radius 2 is 1.78 bits per heavy atom. The molecule has 126 valence electrons. The molecule has 3 atom stereocenters. The third-order valence-corrected chi connectivity index (χ3v) is 5.34. The summed E-state index contributed by atoms with van der Waals surface area (Å²) in [5.74, 6) is 3.74. The summed E-state index contributed by atoms with van der Waals surface area (Å²) in [6.45, 7) is 0.761. The number of nitrogens with one attached hydrogen (secondary N) is 1. The van der Waals surface area contributed by atoms with Crippen molar-refractivity contribution < 1.29 is 19.0 Å². The summed E-state index contributed by atoms with van der Waals surface area (Å²) in [7, 11) is 4.65. The van der Waals surface area contributed by atoms with Crippen LogP contribution in [0.25, 0.3) is 0 Å². The fraction of sp³-hybridized carbons (Fsp3) is 0.611. The molecule has 3 rings (SSSR count). The van der Waals surface area contributed by atoms with E-state index >= 15 is 0 Å². The highest BCUT2D eigenvalue weighted by atomic mass is 16.5. The van der Waals surface area contributed by atoms with E-state index < -0.39 is 0 Å². The molecule has 0 heterocycles. The first-order chi connectivity index (χ1) is 11.2. The molecule has 0 aromatic heterocycles. The molecular weight excluding hydrogens is 294 g/mol. The van der Waals surface area contributed by atoms with Crippen LogP contribution in [0, 0.1) is 17.8 Å². The summed E-state index contributed by atoms with van der Waals surface area (Å²) in [4.78, 5) is 12.5. The summed E-state index contributed by atoms with van der Waals surface area (Å²) in [6.07, 6.45) is 5.32. The number of hydrogen-bond donors (Lipinski definition) is 1. The van der Waals surface area contributed by atoms with E-state index in [9.17, 15) is 4.79 Å². The van der Waals surface area contributed by atoms with E-state index in [4.69, 9.17) is 14.2 Å². The van der Waals surface area contributed by atoms with Crippen molar-refractivity contribution in [2.75, 3.05) is 27.9 Å². The van der Waals surface area contributed by atoms with Crippen molar-refractivity contribution >= 4 is 5.91 Å². The summed E-state index contributed by atoms with van der Waals surface area (Å²) < 4.78 is 15.9. The molecule has 2 bridgehead atoms. The van der Waals surface area contributed by atoms with E-state index in [1.165, 1.54) is 25.7 Å². The summed E-state index contributed by atoms with van der Waals surface area (Å²) in [6, 6.07) is 3.38. The van der Waals surface area contributed by atoms with Crippen molar-refractivity contribution in [1.82, 2.24) is 5.32 Å². The summed E-state index contributed by atoms with van der Waals surface area (Å²) in [5.41, 5.74) is 0.530. The lowest BCUT2D eigenvalue weighted by molar-refractivity contribution is 0.0941. The third kappa shape index (κ3) is 3.09. The molecule has 0 saturated heterocycles. The Hall–Kier alpha value is -1.91. The summed E-state index contributed by atoms with van der Waals surface area (Å²) >= 11 is 0. The van der Waals surface area contributed by atoms with Gasteiger partial charge >= 0.3 is 0 Å². The number of amides is 1. The number of carbonyl (C=O) groups is 1. The lowest BCUT2D eigenvalue weighted by Gasteiger charge is -2.22. The van der Waals surface area contributed by atoms with E-state index in [0.717, 1.165) is 18.4 Å². The molecule has 5 heteroatoms. The lowest BCUT2D eigenvalue weighted by atomic mass is 9.89. The van der Waals surface area contributed by atoms with Crippen LogP contribution in [-0.4, -0.2) is 33.8 Å². The number of carbonyl (C=O) groups excluding carboxylic acids is 1. The highest BCUT2D eigenvalue weighted by Gasteiger charge is 2.39. The molecule has 1 N–H and O–H groups in total. The van der Waals surface area contributed by atoms with Gasteiger partial charge < -0.3 is 19.5 Å². The van der Waals surface area contributed by atoms with Crippen LogP contribution < -0.4 is 19.5 Å². The molecular formula is C18H25NO4. The van der Waals surface area contributed by atoms with Crippen LogP contribution in [0.3, 0.4) is 0 Å². The fourth-order valence-corrected chi connectivity index (χ4v) is 4.16. The normalized spacial score (nSPS) is 25.3. The predicted octanol–water partition coefficient (Wildman–Crippen LogP) is 2.88.